The third kappa shape index (κ3) is 16.9. The molecule has 0 aromatic heterocycles. The molecule has 0 radical (unpaired) electrons. The summed E-state index contributed by atoms with van der Waals surface area (Å²) in [6.07, 6.45) is 18.4. The van der Waals surface area contributed by atoms with Gasteiger partial charge in [-0.25, -0.2) is 0 Å². The number of unbranched alkanes of at least 4 members (excludes halogenated alkanes) is 7. The van der Waals surface area contributed by atoms with Gasteiger partial charge in [-0.1, -0.05) is 69.8 Å². The van der Waals surface area contributed by atoms with Gasteiger partial charge in [0.1, 0.15) is 0 Å². The number of hydrogen-bond donors (Lipinski definition) is 2. The molecule has 0 amide bonds. The Balaban J connectivity index is 3.40. The molecule has 3 nitrogen and oxygen atoms in total. The summed E-state index contributed by atoms with van der Waals surface area (Å²) < 4.78 is 0. The Labute approximate surface area is 129 Å². The van der Waals surface area contributed by atoms with Crippen molar-refractivity contribution in [1.82, 2.24) is 0 Å². The van der Waals surface area contributed by atoms with Crippen molar-refractivity contribution in [1.29, 1.82) is 0 Å². The molecular weight excluding hydrogens is 264 g/mol. The lowest BCUT2D eigenvalue weighted by Gasteiger charge is -2.04. The molecule has 3 heteroatoms. The maximum absolute atomic E-state index is 10.3. The van der Waals surface area contributed by atoms with Gasteiger partial charge in [-0.05, 0) is 25.7 Å². The SMILES string of the molecule is CCCCC/C=C/C=C/[C@@H](O)CCCCCCCC(=O)O. The van der Waals surface area contributed by atoms with E-state index in [0.717, 1.165) is 44.9 Å². The molecule has 0 heterocycles. The van der Waals surface area contributed by atoms with Crippen LogP contribution in [0.3, 0.4) is 0 Å². The first-order valence-electron chi connectivity index (χ1n) is 8.40. The van der Waals surface area contributed by atoms with Crippen molar-refractivity contribution < 1.29 is 15.0 Å². The summed E-state index contributed by atoms with van der Waals surface area (Å²) in [4.78, 5) is 10.3. The summed E-state index contributed by atoms with van der Waals surface area (Å²) in [5.74, 6) is -0.710. The molecule has 0 aliphatic heterocycles. The number of aliphatic hydroxyl groups excluding tert-OH is 1. The first kappa shape index (κ1) is 19.9. The normalized spacial score (nSPS) is 13.2. The van der Waals surface area contributed by atoms with E-state index in [1.165, 1.54) is 19.3 Å². The van der Waals surface area contributed by atoms with Crippen LogP contribution in [0.5, 0.6) is 0 Å². The number of allylic oxidation sites excluding steroid dienone is 3. The van der Waals surface area contributed by atoms with E-state index >= 15 is 0 Å². The molecule has 0 bridgehead atoms. The van der Waals surface area contributed by atoms with Crippen LogP contribution in [0.25, 0.3) is 0 Å². The summed E-state index contributed by atoms with van der Waals surface area (Å²) in [5.41, 5.74) is 0. The monoisotopic (exact) mass is 296 g/mol. The zero-order valence-corrected chi connectivity index (χ0v) is 13.5. The van der Waals surface area contributed by atoms with Gasteiger partial charge in [-0.3, -0.25) is 4.79 Å². The smallest absolute Gasteiger partial charge is 0.303 e. The highest BCUT2D eigenvalue weighted by atomic mass is 16.4. The summed E-state index contributed by atoms with van der Waals surface area (Å²) >= 11 is 0. The summed E-state index contributed by atoms with van der Waals surface area (Å²) in [6.45, 7) is 2.20. The molecule has 0 unspecified atom stereocenters. The van der Waals surface area contributed by atoms with Crippen molar-refractivity contribution >= 4 is 5.97 Å². The maximum atomic E-state index is 10.3. The van der Waals surface area contributed by atoms with E-state index in [0.29, 0.717) is 0 Å². The molecule has 0 saturated carbocycles. The molecule has 21 heavy (non-hydrogen) atoms. The van der Waals surface area contributed by atoms with Gasteiger partial charge in [0, 0.05) is 6.42 Å². The van der Waals surface area contributed by atoms with Gasteiger partial charge in [0.15, 0.2) is 0 Å². The molecule has 0 spiro atoms. The lowest BCUT2D eigenvalue weighted by atomic mass is 10.1. The highest BCUT2D eigenvalue weighted by Crippen LogP contribution is 2.09. The Morgan fingerprint density at radius 2 is 1.71 bits per heavy atom. The van der Waals surface area contributed by atoms with Crippen LogP contribution < -0.4 is 0 Å². The van der Waals surface area contributed by atoms with Crippen LogP contribution in [0.15, 0.2) is 24.3 Å². The van der Waals surface area contributed by atoms with E-state index in [1.54, 1.807) is 0 Å². The molecule has 0 saturated heterocycles. The first-order chi connectivity index (χ1) is 10.2. The number of carboxylic acids is 1. The molecule has 122 valence electrons. The average molecular weight is 296 g/mol. The summed E-state index contributed by atoms with van der Waals surface area (Å²) in [6, 6.07) is 0. The van der Waals surface area contributed by atoms with E-state index < -0.39 is 5.97 Å². The number of aliphatic hydroxyl groups is 1. The van der Waals surface area contributed by atoms with E-state index in [9.17, 15) is 9.90 Å². The molecule has 0 aromatic rings. The minimum atomic E-state index is -0.710. The molecule has 1 atom stereocenters. The predicted octanol–water partition coefficient (Wildman–Crippen LogP) is 4.86. The van der Waals surface area contributed by atoms with Crippen LogP contribution in [0.4, 0.5) is 0 Å². The zero-order chi connectivity index (χ0) is 15.8. The summed E-state index contributed by atoms with van der Waals surface area (Å²) in [7, 11) is 0. The number of aliphatic carboxylic acids is 1. The largest absolute Gasteiger partial charge is 0.481 e. The Morgan fingerprint density at radius 3 is 2.43 bits per heavy atom. The Kier molecular flexibility index (Phi) is 14.5. The minimum absolute atomic E-state index is 0.274. The van der Waals surface area contributed by atoms with Crippen molar-refractivity contribution in [2.24, 2.45) is 0 Å². The molecular formula is C18H32O3. The highest BCUT2D eigenvalue weighted by Gasteiger charge is 1.99. The van der Waals surface area contributed by atoms with Crippen LogP contribution >= 0.6 is 0 Å². The number of carbonyl (C=O) groups is 1. The Morgan fingerprint density at radius 1 is 1.00 bits per heavy atom. The van der Waals surface area contributed by atoms with Gasteiger partial charge >= 0.3 is 5.97 Å². The fraction of sp³-hybridized carbons (Fsp3) is 0.722. The van der Waals surface area contributed by atoms with Gasteiger partial charge in [-0.2, -0.15) is 0 Å². The molecule has 0 rings (SSSR count). The van der Waals surface area contributed by atoms with Crippen molar-refractivity contribution in [2.45, 2.75) is 83.7 Å². The van der Waals surface area contributed by atoms with E-state index in [1.807, 2.05) is 18.2 Å². The second-order valence-corrected chi connectivity index (χ2v) is 5.58. The van der Waals surface area contributed by atoms with Crippen molar-refractivity contribution in [3.05, 3.63) is 24.3 Å². The molecule has 0 aliphatic carbocycles. The van der Waals surface area contributed by atoms with E-state index in [2.05, 4.69) is 13.0 Å². The average Bonchev–Trinajstić information content (AvgIpc) is 2.45. The van der Waals surface area contributed by atoms with Crippen LogP contribution in [0.2, 0.25) is 0 Å². The lowest BCUT2D eigenvalue weighted by Crippen LogP contribution is -2.01. The fourth-order valence-electron chi connectivity index (χ4n) is 2.14. The van der Waals surface area contributed by atoms with Crippen molar-refractivity contribution in [3.8, 4) is 0 Å². The third-order valence-electron chi connectivity index (χ3n) is 3.45. The van der Waals surface area contributed by atoms with E-state index in [4.69, 9.17) is 5.11 Å². The molecule has 0 fully saturated rings. The lowest BCUT2D eigenvalue weighted by molar-refractivity contribution is -0.137. The second-order valence-electron chi connectivity index (χ2n) is 5.58. The molecule has 0 aromatic carbocycles. The van der Waals surface area contributed by atoms with Gasteiger partial charge < -0.3 is 10.2 Å². The number of carboxylic acid groups (broad SMARTS) is 1. The van der Waals surface area contributed by atoms with Crippen molar-refractivity contribution in [3.63, 3.8) is 0 Å². The third-order valence-corrected chi connectivity index (χ3v) is 3.45. The van der Waals surface area contributed by atoms with E-state index in [-0.39, 0.29) is 12.5 Å². The van der Waals surface area contributed by atoms with Gasteiger partial charge in [-0.15, -0.1) is 0 Å². The Hall–Kier alpha value is -1.09. The standard InChI is InChI=1S/C18H32O3/c1-2-3-4-5-6-8-11-14-17(19)15-12-9-7-10-13-16-18(20)21/h6,8,11,14,17,19H,2-5,7,9-10,12-13,15-16H2,1H3,(H,20,21)/b8-6+,14-11+/t17-/m1/s1. The van der Waals surface area contributed by atoms with Gasteiger partial charge in [0.25, 0.3) is 0 Å². The first-order valence-corrected chi connectivity index (χ1v) is 8.40. The second kappa shape index (κ2) is 15.3. The quantitative estimate of drug-likeness (QED) is 0.355. The summed E-state index contributed by atoms with van der Waals surface area (Å²) in [5, 5.41) is 18.3. The topological polar surface area (TPSA) is 57.5 Å². The number of rotatable bonds is 14. The Bertz CT molecular complexity index is 295. The maximum Gasteiger partial charge on any atom is 0.303 e. The fourth-order valence-corrected chi connectivity index (χ4v) is 2.14. The molecule has 2 N–H and O–H groups in total. The van der Waals surface area contributed by atoms with Crippen LogP contribution in [-0.2, 0) is 4.79 Å². The van der Waals surface area contributed by atoms with Crippen LogP contribution in [0.1, 0.15) is 77.6 Å². The minimum Gasteiger partial charge on any atom is -0.481 e. The predicted molar refractivity (Wildman–Crippen MR) is 88.4 cm³/mol. The van der Waals surface area contributed by atoms with Crippen LogP contribution in [-0.4, -0.2) is 22.3 Å². The van der Waals surface area contributed by atoms with Crippen molar-refractivity contribution in [2.75, 3.05) is 0 Å². The zero-order valence-electron chi connectivity index (χ0n) is 13.5. The van der Waals surface area contributed by atoms with Crippen LogP contribution in [0, 0.1) is 0 Å². The highest BCUT2D eigenvalue weighted by molar-refractivity contribution is 5.66. The van der Waals surface area contributed by atoms with Gasteiger partial charge in [0.2, 0.25) is 0 Å². The molecule has 0 aliphatic rings. The van der Waals surface area contributed by atoms with Gasteiger partial charge in [0.05, 0.1) is 6.10 Å². The number of hydrogen-bond acceptors (Lipinski definition) is 2.